The Kier molecular flexibility index (Phi) is 3.66. The van der Waals surface area contributed by atoms with Gasteiger partial charge in [-0.2, -0.15) is 0 Å². The van der Waals surface area contributed by atoms with E-state index in [0.717, 1.165) is 24.3 Å². The van der Waals surface area contributed by atoms with E-state index in [1.807, 2.05) is 6.07 Å². The van der Waals surface area contributed by atoms with E-state index >= 15 is 0 Å². The maximum absolute atomic E-state index is 12.4. The van der Waals surface area contributed by atoms with Crippen LogP contribution in [-0.4, -0.2) is 48.9 Å². The zero-order valence-corrected chi connectivity index (χ0v) is 14.9. The second-order valence-electron chi connectivity index (χ2n) is 6.82. The normalized spacial score (nSPS) is 27.1. The van der Waals surface area contributed by atoms with Crippen molar-refractivity contribution in [2.24, 2.45) is 0 Å². The van der Waals surface area contributed by atoms with Gasteiger partial charge in [-0.25, -0.2) is 9.48 Å². The summed E-state index contributed by atoms with van der Waals surface area (Å²) in [7, 11) is -0.722. The quantitative estimate of drug-likeness (QED) is 0.823. The second kappa shape index (κ2) is 6.05. The van der Waals surface area contributed by atoms with Crippen molar-refractivity contribution in [3.05, 3.63) is 47.8 Å². The van der Waals surface area contributed by atoms with Crippen molar-refractivity contribution in [3.8, 4) is 0 Å². The van der Waals surface area contributed by atoms with Crippen molar-refractivity contribution in [2.45, 2.75) is 31.5 Å². The summed E-state index contributed by atoms with van der Waals surface area (Å²) >= 11 is 0. The van der Waals surface area contributed by atoms with Gasteiger partial charge in [0.2, 0.25) is 0 Å². The molecule has 134 valence electrons. The number of allylic oxidation sites excluding steroid dienone is 1. The number of hydrogen-bond donors (Lipinski definition) is 0. The van der Waals surface area contributed by atoms with E-state index < -0.39 is 10.8 Å². The van der Waals surface area contributed by atoms with Gasteiger partial charge in [0.15, 0.2) is 0 Å². The highest BCUT2D eigenvalue weighted by Gasteiger charge is 2.47. The van der Waals surface area contributed by atoms with Gasteiger partial charge in [0, 0.05) is 28.5 Å². The highest BCUT2D eigenvalue weighted by molar-refractivity contribution is 7.85. The standard InChI is InChI=1S/C18H18N4O3S/c23-18-22-15-2-1-13(12-3-7-26(24)8-4-12)9-14(15)10-16(22)17(25-18)11-21-6-5-19-20-21/h1-3,5-6,9,16-17H,4,7-8,10-11H2/t16-,17-,26?/m0/s1. The summed E-state index contributed by atoms with van der Waals surface area (Å²) in [6.45, 7) is 0.505. The van der Waals surface area contributed by atoms with E-state index in [0.29, 0.717) is 12.3 Å². The number of benzene rings is 1. The van der Waals surface area contributed by atoms with Crippen LogP contribution in [0.3, 0.4) is 0 Å². The molecule has 1 aromatic heterocycles. The molecule has 3 aliphatic rings. The molecule has 8 heteroatoms. The summed E-state index contributed by atoms with van der Waals surface area (Å²) in [6.07, 6.45) is 6.56. The first kappa shape index (κ1) is 15.7. The minimum Gasteiger partial charge on any atom is -0.442 e. The topological polar surface area (TPSA) is 77.3 Å². The Hall–Kier alpha value is -2.48. The number of cyclic esters (lactones) is 1. The predicted octanol–water partition coefficient (Wildman–Crippen LogP) is 1.76. The highest BCUT2D eigenvalue weighted by atomic mass is 32.2. The molecule has 0 spiro atoms. The zero-order chi connectivity index (χ0) is 17.7. The molecule has 1 fully saturated rings. The van der Waals surface area contributed by atoms with Crippen LogP contribution in [0.2, 0.25) is 0 Å². The smallest absolute Gasteiger partial charge is 0.415 e. The molecule has 26 heavy (non-hydrogen) atoms. The minimum absolute atomic E-state index is 0.00945. The van der Waals surface area contributed by atoms with E-state index in [2.05, 4.69) is 28.5 Å². The molecule has 3 aliphatic heterocycles. The number of aromatic nitrogens is 3. The molecule has 0 saturated carbocycles. The van der Waals surface area contributed by atoms with Gasteiger partial charge in [-0.1, -0.05) is 17.4 Å². The first-order chi connectivity index (χ1) is 12.7. The van der Waals surface area contributed by atoms with Gasteiger partial charge in [0.1, 0.15) is 6.10 Å². The van der Waals surface area contributed by atoms with Crippen LogP contribution in [0.25, 0.3) is 5.57 Å². The maximum atomic E-state index is 12.4. The van der Waals surface area contributed by atoms with E-state index in [4.69, 9.17) is 4.74 Å². The Morgan fingerprint density at radius 1 is 1.35 bits per heavy atom. The number of fused-ring (bicyclic) bond motifs is 3. The molecular weight excluding hydrogens is 352 g/mol. The third-order valence-electron chi connectivity index (χ3n) is 5.30. The Balaban J connectivity index is 1.42. The van der Waals surface area contributed by atoms with E-state index in [1.165, 1.54) is 16.7 Å². The molecule has 0 bridgehead atoms. The SMILES string of the molecule is O=C1O[C@@H](Cn2ccnn2)[C@@H]2Cc3cc(C4=CCS(=O)CC4)ccc3N12. The average Bonchev–Trinajstić information content (AvgIpc) is 3.34. The van der Waals surface area contributed by atoms with Gasteiger partial charge in [-0.15, -0.1) is 5.10 Å². The van der Waals surface area contributed by atoms with E-state index in [1.54, 1.807) is 22.0 Å². The Labute approximate surface area is 153 Å². The fourth-order valence-electron chi connectivity index (χ4n) is 4.01. The van der Waals surface area contributed by atoms with Gasteiger partial charge in [0.05, 0.1) is 24.5 Å². The fraction of sp³-hybridized carbons (Fsp3) is 0.389. The molecule has 1 unspecified atom stereocenters. The molecule has 2 aromatic rings. The average molecular weight is 370 g/mol. The van der Waals surface area contributed by atoms with Crippen molar-refractivity contribution >= 4 is 28.2 Å². The number of rotatable bonds is 3. The van der Waals surface area contributed by atoms with Gasteiger partial charge in [-0.3, -0.25) is 9.11 Å². The number of nitrogens with zero attached hydrogens (tertiary/aromatic N) is 4. The van der Waals surface area contributed by atoms with Crippen molar-refractivity contribution in [2.75, 3.05) is 16.4 Å². The molecule has 7 nitrogen and oxygen atoms in total. The minimum atomic E-state index is -0.722. The Bertz CT molecular complexity index is 925. The van der Waals surface area contributed by atoms with E-state index in [9.17, 15) is 9.00 Å². The van der Waals surface area contributed by atoms with Gasteiger partial charge in [0.25, 0.3) is 0 Å². The molecule has 4 heterocycles. The van der Waals surface area contributed by atoms with Crippen LogP contribution in [0.5, 0.6) is 0 Å². The number of anilines is 1. The monoisotopic (exact) mass is 370 g/mol. The molecule has 1 amide bonds. The third-order valence-corrected chi connectivity index (χ3v) is 6.50. The zero-order valence-electron chi connectivity index (χ0n) is 14.1. The molecule has 3 atom stereocenters. The molecule has 0 N–H and O–H groups in total. The van der Waals surface area contributed by atoms with Crippen LogP contribution >= 0.6 is 0 Å². The Morgan fingerprint density at radius 3 is 3.04 bits per heavy atom. The van der Waals surface area contributed by atoms with Crippen LogP contribution < -0.4 is 4.90 Å². The molecule has 5 rings (SSSR count). The number of carbonyl (C=O) groups excluding carboxylic acids is 1. The first-order valence-corrected chi connectivity index (χ1v) is 10.2. The summed E-state index contributed by atoms with van der Waals surface area (Å²) in [6, 6.07) is 6.23. The van der Waals surface area contributed by atoms with Crippen LogP contribution in [-0.2, 0) is 28.5 Å². The number of ether oxygens (including phenoxy) is 1. The van der Waals surface area contributed by atoms with Crippen LogP contribution in [0, 0.1) is 0 Å². The second-order valence-corrected chi connectivity index (χ2v) is 8.44. The fourth-order valence-corrected chi connectivity index (χ4v) is 5.01. The maximum Gasteiger partial charge on any atom is 0.415 e. The van der Waals surface area contributed by atoms with Gasteiger partial charge in [-0.05, 0) is 41.7 Å². The molecular formula is C18H18N4O3S. The van der Waals surface area contributed by atoms with Crippen molar-refractivity contribution in [1.29, 1.82) is 0 Å². The van der Waals surface area contributed by atoms with Crippen LogP contribution in [0.15, 0.2) is 36.7 Å². The summed E-state index contributed by atoms with van der Waals surface area (Å²) in [5.41, 5.74) is 4.52. The third kappa shape index (κ3) is 2.56. The van der Waals surface area contributed by atoms with E-state index in [-0.39, 0.29) is 18.2 Å². The number of carbonyl (C=O) groups is 1. The lowest BCUT2D eigenvalue weighted by molar-refractivity contribution is 0.117. The van der Waals surface area contributed by atoms with Gasteiger partial charge >= 0.3 is 6.09 Å². The summed E-state index contributed by atoms with van der Waals surface area (Å²) < 4.78 is 18.8. The lowest BCUT2D eigenvalue weighted by Gasteiger charge is -2.16. The lowest BCUT2D eigenvalue weighted by Crippen LogP contribution is -2.35. The summed E-state index contributed by atoms with van der Waals surface area (Å²) in [4.78, 5) is 14.2. The summed E-state index contributed by atoms with van der Waals surface area (Å²) in [5, 5.41) is 7.78. The number of amides is 1. The highest BCUT2D eigenvalue weighted by Crippen LogP contribution is 2.40. The van der Waals surface area contributed by atoms with Crippen molar-refractivity contribution in [1.82, 2.24) is 15.0 Å². The molecule has 0 radical (unpaired) electrons. The van der Waals surface area contributed by atoms with Crippen LogP contribution in [0.4, 0.5) is 10.5 Å². The molecule has 1 aromatic carbocycles. The molecule has 0 aliphatic carbocycles. The van der Waals surface area contributed by atoms with Crippen molar-refractivity contribution < 1.29 is 13.7 Å². The number of hydrogen-bond acceptors (Lipinski definition) is 5. The van der Waals surface area contributed by atoms with Crippen molar-refractivity contribution in [3.63, 3.8) is 0 Å². The van der Waals surface area contributed by atoms with Crippen LogP contribution in [0.1, 0.15) is 17.5 Å². The largest absolute Gasteiger partial charge is 0.442 e. The first-order valence-electron chi connectivity index (χ1n) is 8.70. The predicted molar refractivity (Wildman–Crippen MR) is 97.2 cm³/mol. The van der Waals surface area contributed by atoms with Gasteiger partial charge < -0.3 is 4.74 Å². The lowest BCUT2D eigenvalue weighted by atomic mass is 9.98. The Morgan fingerprint density at radius 2 is 2.27 bits per heavy atom. The molecule has 1 saturated heterocycles. The summed E-state index contributed by atoms with van der Waals surface area (Å²) in [5.74, 6) is 1.36.